The maximum Gasteiger partial charge on any atom is 0.269 e. The van der Waals surface area contributed by atoms with E-state index in [1.807, 2.05) is 165 Å². The van der Waals surface area contributed by atoms with Gasteiger partial charge in [-0.15, -0.1) is 11.1 Å². The molecule has 5 amide bonds. The number of carbonyl (C=O) groups excluding carboxylic acids is 5. The van der Waals surface area contributed by atoms with Crippen molar-refractivity contribution in [2.45, 2.75) is 165 Å². The van der Waals surface area contributed by atoms with Crippen LogP contribution in [0.15, 0.2) is 275 Å². The van der Waals surface area contributed by atoms with Gasteiger partial charge in [0.15, 0.2) is 28.5 Å². The second-order valence-corrected chi connectivity index (χ2v) is 54.7. The molecule has 0 radical (unpaired) electrons. The number of amides is 5. The van der Waals surface area contributed by atoms with Crippen molar-refractivity contribution in [2.75, 3.05) is 0 Å². The molecule has 26 nitrogen and oxygen atoms in total. The molecule has 9 aromatic carbocycles. The largest absolute Gasteiger partial charge is 0.364 e. The third kappa shape index (κ3) is 17.8. The van der Waals surface area contributed by atoms with Crippen molar-refractivity contribution in [2.24, 2.45) is 71.4 Å². The van der Waals surface area contributed by atoms with E-state index in [0.717, 1.165) is 160 Å². The monoisotopic (exact) mass is 2230 g/mol. The summed E-state index contributed by atoms with van der Waals surface area (Å²) in [5.74, 6) is 6.74. The van der Waals surface area contributed by atoms with Crippen LogP contribution in [-0.4, -0.2) is 127 Å². The fourth-order valence-corrected chi connectivity index (χ4v) is 25.3. The highest BCUT2D eigenvalue weighted by atomic mass is 127. The van der Waals surface area contributed by atoms with Crippen LogP contribution in [0.2, 0.25) is 44.3 Å². The van der Waals surface area contributed by atoms with Crippen molar-refractivity contribution >= 4 is 131 Å². The maximum atomic E-state index is 12.0. The molecule has 15 aromatic rings. The normalized spacial score (nSPS) is 20.7. The predicted molar refractivity (Wildman–Crippen MR) is 599 cm³/mol. The van der Waals surface area contributed by atoms with Crippen LogP contribution in [0.25, 0.3) is 28.4 Å². The average molecular weight is 2230 g/mol. The summed E-state index contributed by atoms with van der Waals surface area (Å²) in [6.45, 7) is 19.9. The number of halogens is 3. The number of aromatic nitrogens is 11. The van der Waals surface area contributed by atoms with Gasteiger partial charge in [-0.25, -0.2) is 24.9 Å². The molecule has 5 aliphatic heterocycles. The second kappa shape index (κ2) is 38.2. The lowest BCUT2D eigenvalue weighted by molar-refractivity contribution is -0.0274. The van der Waals surface area contributed by atoms with E-state index in [-0.39, 0.29) is 35.2 Å². The molecular formula is C117H106ClI2N21O5Si2. The van der Waals surface area contributed by atoms with E-state index in [0.29, 0.717) is 62.8 Å². The summed E-state index contributed by atoms with van der Waals surface area (Å²) in [4.78, 5) is 111. The fourth-order valence-electron chi connectivity index (χ4n) is 22.8. The number of hydrogen-bond acceptors (Lipinski definition) is 16. The number of primary amides is 5. The first kappa shape index (κ1) is 97.9. The van der Waals surface area contributed by atoms with Gasteiger partial charge in [0.1, 0.15) is 47.8 Å². The summed E-state index contributed by atoms with van der Waals surface area (Å²) in [5, 5.41) is 0.660. The van der Waals surface area contributed by atoms with Crippen LogP contribution in [0, 0.1) is 47.8 Å². The number of benzene rings is 9. The van der Waals surface area contributed by atoms with Crippen molar-refractivity contribution < 1.29 is 24.0 Å². The minimum atomic E-state index is -1.51. The summed E-state index contributed by atoms with van der Waals surface area (Å²) in [6.07, 6.45) is 21.8. The molecule has 29 rings (SSSR count). The summed E-state index contributed by atoms with van der Waals surface area (Å²) >= 11 is 11.3. The Balaban J connectivity index is 0.000000105. The first-order valence-electron chi connectivity index (χ1n) is 49.8. The number of imidazole rings is 5. The molecule has 6 aromatic heterocycles. The molecule has 0 spiro atoms. The molecule has 9 saturated carbocycles. The Hall–Kier alpha value is -14.8. The van der Waals surface area contributed by atoms with Crippen LogP contribution in [0.4, 0.5) is 0 Å². The van der Waals surface area contributed by atoms with Gasteiger partial charge in [0.05, 0.1) is 122 Å². The van der Waals surface area contributed by atoms with Gasteiger partial charge in [0.25, 0.3) is 29.5 Å². The first-order valence-corrected chi connectivity index (χ1v) is 59.3. The van der Waals surface area contributed by atoms with Gasteiger partial charge >= 0.3 is 0 Å². The zero-order valence-electron chi connectivity index (χ0n) is 83.1. The molecule has 31 heteroatoms. The smallest absolute Gasteiger partial charge is 0.269 e. The maximum absolute atomic E-state index is 12.0. The molecule has 148 heavy (non-hydrogen) atoms. The molecule has 9 fully saturated rings. The second-order valence-electron chi connectivity index (χ2n) is 42.4. The molecule has 3 atom stereocenters. The number of hydrogen-bond donors (Lipinski definition) is 5. The standard InChI is InChI=1S/C24H21IN4O.C24H24N4OSi.C23H19ClN4O.C23H19IN4O.C23H23N5OSi/c1-13-22-21(23(26)30)27-12-29(22)19-7-6-15(24-9-14(10-24)11-24)8-17(19)20(28-13)16-4-2-3-5-18(16)25;1-16-23-22(24(25)29)26-15-28(23)20-11-10-17(12-13-30(2,3)4)14-19(20)21(27-16)18-8-6-5-7-9-18;2*24-17-4-2-1-3-15(17)20-16-7-14(23-8-13(9-23)10-23)5-6-18(16)28-12-27-21(22(25)29)19(28)11-26-20;1-15-22-21(23(24)29)26-14-28(22)19-9-8-16(10-12-30(2,3)4)13-17(19)20(27-15)18-7-5-6-11-25-18/h2-8,12-14H,9-11H2,1H3,(H2,26,30);5-11,14-16H,1-4H3,(H2,25,29);2*1-7,12-13H,8-11H2,(H2,25,29);5-9,11,13-15H,1-4H3,(H2,24,29)/t13-,14?,24?;16-;;;15-/m11..1/s1. The lowest BCUT2D eigenvalue weighted by Gasteiger charge is -2.62. The molecule has 0 unspecified atom stereocenters. The molecule has 10 N–H and O–H groups in total. The Kier molecular flexibility index (Phi) is 25.2. The zero-order chi connectivity index (χ0) is 103. The highest BCUT2D eigenvalue weighted by Crippen LogP contribution is 2.67. The topological polar surface area (TPSA) is 379 Å². The van der Waals surface area contributed by atoms with Crippen molar-refractivity contribution in [1.82, 2.24) is 52.7 Å². The quantitative estimate of drug-likeness (QED) is 0.0410. The Labute approximate surface area is 891 Å². The Morgan fingerprint density at radius 2 is 0.669 bits per heavy atom. The van der Waals surface area contributed by atoms with E-state index in [4.69, 9.17) is 65.2 Å². The molecule has 11 heterocycles. The number of nitrogens with two attached hydrogens (primary N) is 5. The number of aliphatic imine (C=N–C) groups is 5. The van der Waals surface area contributed by atoms with Gasteiger partial charge in [0, 0.05) is 79.6 Å². The van der Waals surface area contributed by atoms with Gasteiger partial charge in [-0.2, -0.15) is 0 Å². The minimum absolute atomic E-state index is 0.238. The average Bonchev–Trinajstić information content (AvgIpc) is 1.55. The highest BCUT2D eigenvalue weighted by Gasteiger charge is 2.59. The van der Waals surface area contributed by atoms with E-state index in [1.165, 1.54) is 74.5 Å². The Morgan fingerprint density at radius 3 is 1.05 bits per heavy atom. The third-order valence-corrected chi connectivity index (χ3v) is 34.2. The van der Waals surface area contributed by atoms with E-state index in [1.54, 1.807) is 37.8 Å². The molecule has 0 saturated heterocycles. The predicted octanol–water partition coefficient (Wildman–Crippen LogP) is 20.2. The summed E-state index contributed by atoms with van der Waals surface area (Å²) in [5.41, 5.74) is 66.0. The van der Waals surface area contributed by atoms with Crippen molar-refractivity contribution in [3.63, 3.8) is 0 Å². The molecular weight excluding hydrogens is 2120 g/mol. The zero-order valence-corrected chi connectivity index (χ0v) is 90.2. The van der Waals surface area contributed by atoms with Crippen molar-refractivity contribution in [3.8, 4) is 51.4 Å². The van der Waals surface area contributed by atoms with Gasteiger partial charge in [-0.05, 0) is 278 Å². The van der Waals surface area contributed by atoms with Crippen LogP contribution in [0.1, 0.15) is 261 Å². The van der Waals surface area contributed by atoms with E-state index < -0.39 is 45.7 Å². The van der Waals surface area contributed by atoms with Crippen LogP contribution >= 0.6 is 56.8 Å². The summed E-state index contributed by atoms with van der Waals surface area (Å²) in [6, 6.07) is 71.6. The Morgan fingerprint density at radius 1 is 0.345 bits per heavy atom. The van der Waals surface area contributed by atoms with E-state index in [2.05, 4.69) is 228 Å². The number of rotatable bonds is 13. The highest BCUT2D eigenvalue weighted by molar-refractivity contribution is 14.1. The van der Waals surface area contributed by atoms with Crippen molar-refractivity contribution in [3.05, 3.63) is 403 Å². The van der Waals surface area contributed by atoms with E-state index >= 15 is 0 Å². The van der Waals surface area contributed by atoms with Gasteiger partial charge in [-0.3, -0.25) is 76.8 Å². The minimum Gasteiger partial charge on any atom is -0.364 e. The number of nitrogens with zero attached hydrogens (tertiary/aromatic N) is 16. The van der Waals surface area contributed by atoms with Gasteiger partial charge in [-0.1, -0.05) is 172 Å². The van der Waals surface area contributed by atoms with Gasteiger partial charge in [0.2, 0.25) is 0 Å². The first-order chi connectivity index (χ1) is 71.1. The molecule has 738 valence electrons. The third-order valence-electron chi connectivity index (χ3n) is 30.3. The van der Waals surface area contributed by atoms with Gasteiger partial charge < -0.3 is 28.7 Å². The van der Waals surface area contributed by atoms with Crippen molar-refractivity contribution in [1.29, 1.82) is 0 Å². The summed E-state index contributed by atoms with van der Waals surface area (Å²) < 4.78 is 12.1. The Bertz CT molecular complexity index is 7980. The number of fused-ring (bicyclic) bond motifs is 15. The van der Waals surface area contributed by atoms with Crippen LogP contribution in [0.3, 0.4) is 0 Å². The van der Waals surface area contributed by atoms with Crippen LogP contribution in [-0.2, 0) is 29.3 Å². The van der Waals surface area contributed by atoms with E-state index in [9.17, 15) is 24.0 Å². The lowest BCUT2D eigenvalue weighted by Crippen LogP contribution is -2.55. The van der Waals surface area contributed by atoms with Crippen LogP contribution < -0.4 is 28.7 Å². The molecule has 9 aliphatic carbocycles. The van der Waals surface area contributed by atoms with Crippen LogP contribution in [0.5, 0.6) is 0 Å². The fraction of sp³-hybridized carbons (Fsp3) is 0.248. The lowest BCUT2D eigenvalue weighted by atomic mass is 9.42. The summed E-state index contributed by atoms with van der Waals surface area (Å²) in [7, 11) is -3.02. The number of pyridine rings is 1. The SMILES string of the molecule is C[C@H]1N=C(c2ccccc2)c2cc(C#C[Si](C)(C)C)ccc2-n2cnc(C(N)=O)c21.C[C@H]1N=C(c2ccccc2I)c2cc(C34CC(C3)C4)ccc2-n2cnc(C(N)=O)c21.C[C@H]1N=C(c2ccccn2)c2cc(C#C[Si](C)(C)C)ccc2-n2cnc(C(N)=O)c21.NC(=O)c1ncn2c1CN=C(c1ccccc1Cl)c1cc(C34CC(C3)C4)ccc1-2.NC(=O)c1ncn2c1CN=C(c1ccccc1I)c1cc(C34CC(C3)C4)ccc1-2. The number of carbonyl (C=O) groups is 5. The molecule has 6 bridgehead atoms. The molecule has 14 aliphatic rings.